The Balaban J connectivity index is 1.14. The summed E-state index contributed by atoms with van der Waals surface area (Å²) in [7, 11) is 3.20. The zero-order valence-electron chi connectivity index (χ0n) is 20.9. The van der Waals surface area contributed by atoms with Gasteiger partial charge in [-0.15, -0.1) is 0 Å². The molecule has 0 aromatic heterocycles. The van der Waals surface area contributed by atoms with E-state index in [4.69, 9.17) is 4.74 Å². The Morgan fingerprint density at radius 3 is 2.19 bits per heavy atom. The van der Waals surface area contributed by atoms with Crippen molar-refractivity contribution in [3.05, 3.63) is 89.5 Å². The third-order valence-electron chi connectivity index (χ3n) is 8.84. The van der Waals surface area contributed by atoms with Crippen LogP contribution in [0.25, 0.3) is 0 Å². The third-order valence-corrected chi connectivity index (χ3v) is 8.84. The molecule has 0 heterocycles. The van der Waals surface area contributed by atoms with Crippen molar-refractivity contribution in [2.24, 2.45) is 17.8 Å². The number of nitrogens with one attached hydrogen (secondary N) is 1. The summed E-state index contributed by atoms with van der Waals surface area (Å²) < 4.78 is 4.87. The molecule has 0 aliphatic heterocycles. The van der Waals surface area contributed by atoms with E-state index >= 15 is 0 Å². The number of rotatable bonds is 6. The Labute approximate surface area is 212 Å². The molecule has 4 aliphatic carbocycles. The number of nitrogens with zero attached hydrogens (tertiary/aromatic N) is 1. The second-order valence-electron chi connectivity index (χ2n) is 10.9. The Morgan fingerprint density at radius 2 is 1.56 bits per heavy atom. The molecule has 1 N–H and O–H groups in total. The molecule has 4 saturated carbocycles. The lowest BCUT2D eigenvalue weighted by molar-refractivity contribution is 0.0601. The van der Waals surface area contributed by atoms with Gasteiger partial charge in [0.2, 0.25) is 0 Å². The number of carbonyl (C=O) groups is 2. The number of para-hydroxylation sites is 1. The van der Waals surface area contributed by atoms with E-state index in [1.54, 1.807) is 17.0 Å². The zero-order valence-corrected chi connectivity index (χ0v) is 20.9. The highest BCUT2D eigenvalue weighted by atomic mass is 16.5. The normalized spacial score (nSPS) is 25.6. The lowest BCUT2D eigenvalue weighted by atomic mass is 9.66. The largest absolute Gasteiger partial charge is 0.465 e. The lowest BCUT2D eigenvalue weighted by Crippen LogP contribution is -2.31. The molecule has 4 bridgehead atoms. The monoisotopic (exact) mass is 480 g/mol. The van der Waals surface area contributed by atoms with Crippen LogP contribution in [-0.4, -0.2) is 26.0 Å². The predicted molar refractivity (Wildman–Crippen MR) is 142 cm³/mol. The Hall–Kier alpha value is -3.60. The van der Waals surface area contributed by atoms with Crippen LogP contribution < -0.4 is 10.2 Å². The molecular weight excluding hydrogens is 448 g/mol. The highest BCUT2D eigenvalue weighted by Crippen LogP contribution is 2.64. The van der Waals surface area contributed by atoms with Gasteiger partial charge in [0.05, 0.1) is 18.4 Å². The van der Waals surface area contributed by atoms with E-state index in [2.05, 4.69) is 29.6 Å². The van der Waals surface area contributed by atoms with Gasteiger partial charge in [-0.1, -0.05) is 24.3 Å². The molecule has 36 heavy (non-hydrogen) atoms. The van der Waals surface area contributed by atoms with Crippen molar-refractivity contribution in [2.45, 2.75) is 37.5 Å². The number of hydrogen-bond donors (Lipinski definition) is 1. The SMILES string of the molecule is COC(=O)c1ccccc1Nc1ccc(C(=O)N(C)c2ccc(C34CC5CC(C3)C(C5)C4)cc2)cc1. The molecule has 1 amide bonds. The first kappa shape index (κ1) is 22.8. The van der Waals surface area contributed by atoms with Crippen molar-refractivity contribution in [1.82, 2.24) is 0 Å². The molecular formula is C31H32N2O3. The number of benzene rings is 3. The number of amides is 1. The van der Waals surface area contributed by atoms with Crippen LogP contribution in [0.2, 0.25) is 0 Å². The highest BCUT2D eigenvalue weighted by molar-refractivity contribution is 6.06. The quantitative estimate of drug-likeness (QED) is 0.405. The second-order valence-corrected chi connectivity index (χ2v) is 10.9. The summed E-state index contributed by atoms with van der Waals surface area (Å²) in [6.07, 6.45) is 6.96. The lowest BCUT2D eigenvalue weighted by Gasteiger charge is -2.39. The number of hydrogen-bond acceptors (Lipinski definition) is 4. The summed E-state index contributed by atoms with van der Waals surface area (Å²) in [5.41, 5.74) is 5.27. The third kappa shape index (κ3) is 3.87. The van der Waals surface area contributed by atoms with E-state index in [1.807, 2.05) is 43.4 Å². The summed E-state index contributed by atoms with van der Waals surface area (Å²) in [5, 5.41) is 3.24. The minimum atomic E-state index is -0.398. The van der Waals surface area contributed by atoms with Gasteiger partial charge in [-0.05, 0) is 109 Å². The molecule has 3 aromatic rings. The van der Waals surface area contributed by atoms with Gasteiger partial charge in [0.1, 0.15) is 0 Å². The Bertz CT molecular complexity index is 1280. The van der Waals surface area contributed by atoms with Crippen molar-refractivity contribution in [2.75, 3.05) is 24.4 Å². The van der Waals surface area contributed by atoms with Gasteiger partial charge >= 0.3 is 5.97 Å². The van der Waals surface area contributed by atoms with Gasteiger partial charge in [-0.3, -0.25) is 4.79 Å². The number of esters is 1. The molecule has 0 saturated heterocycles. The number of anilines is 3. The molecule has 3 aromatic carbocycles. The molecule has 5 heteroatoms. The molecule has 5 nitrogen and oxygen atoms in total. The average molecular weight is 481 g/mol. The number of methoxy groups -OCH3 is 1. The minimum absolute atomic E-state index is 0.0535. The standard InChI is InChI=1S/C31H32N2O3/c1-33(26-13-9-24(10-14-26)31-17-20-15-22(18-31)23(16-20)19-31)29(34)21-7-11-25(12-8-21)32-28-6-4-3-5-27(28)30(35)36-2/h3-14,20,22-23,32H,15-19H2,1-2H3. The van der Waals surface area contributed by atoms with Crippen molar-refractivity contribution in [3.63, 3.8) is 0 Å². The molecule has 0 radical (unpaired) electrons. The minimum Gasteiger partial charge on any atom is -0.465 e. The average Bonchev–Trinajstić information content (AvgIpc) is 3.34. The van der Waals surface area contributed by atoms with Crippen molar-refractivity contribution in [3.8, 4) is 0 Å². The van der Waals surface area contributed by atoms with Crippen molar-refractivity contribution >= 4 is 28.9 Å². The zero-order chi connectivity index (χ0) is 24.9. The van der Waals surface area contributed by atoms with Gasteiger partial charge in [-0.25, -0.2) is 4.79 Å². The molecule has 4 aliphatic rings. The number of ether oxygens (including phenoxy) is 1. The van der Waals surface area contributed by atoms with Gasteiger partial charge in [0.15, 0.2) is 0 Å². The van der Waals surface area contributed by atoms with E-state index in [0.717, 1.165) is 29.1 Å². The Morgan fingerprint density at radius 1 is 0.889 bits per heavy atom. The van der Waals surface area contributed by atoms with Crippen LogP contribution in [0.1, 0.15) is 58.4 Å². The van der Waals surface area contributed by atoms with Gasteiger partial charge < -0.3 is 15.0 Å². The number of carbonyl (C=O) groups excluding carboxylic acids is 2. The first-order valence-corrected chi connectivity index (χ1v) is 12.9. The fourth-order valence-electron chi connectivity index (χ4n) is 7.25. The maximum absolute atomic E-state index is 13.2. The maximum atomic E-state index is 13.2. The fourth-order valence-corrected chi connectivity index (χ4v) is 7.25. The first-order valence-electron chi connectivity index (χ1n) is 12.9. The van der Waals surface area contributed by atoms with Crippen LogP contribution in [0.3, 0.4) is 0 Å². The van der Waals surface area contributed by atoms with Crippen LogP contribution in [-0.2, 0) is 10.2 Å². The summed E-state index contributed by atoms with van der Waals surface area (Å²) >= 11 is 0. The van der Waals surface area contributed by atoms with E-state index in [9.17, 15) is 9.59 Å². The van der Waals surface area contributed by atoms with Gasteiger partial charge in [0, 0.05) is 24.0 Å². The molecule has 0 spiro atoms. The summed E-state index contributed by atoms with van der Waals surface area (Å²) in [4.78, 5) is 26.9. The van der Waals surface area contributed by atoms with Crippen molar-refractivity contribution in [1.29, 1.82) is 0 Å². The maximum Gasteiger partial charge on any atom is 0.339 e. The van der Waals surface area contributed by atoms with E-state index in [-0.39, 0.29) is 5.91 Å². The first-order chi connectivity index (χ1) is 17.5. The second kappa shape index (κ2) is 8.81. The van der Waals surface area contributed by atoms with Gasteiger partial charge in [-0.2, -0.15) is 0 Å². The van der Waals surface area contributed by atoms with E-state index < -0.39 is 5.97 Å². The van der Waals surface area contributed by atoms with E-state index in [1.165, 1.54) is 44.8 Å². The predicted octanol–water partition coefficient (Wildman–Crippen LogP) is 6.57. The highest BCUT2D eigenvalue weighted by Gasteiger charge is 2.56. The smallest absolute Gasteiger partial charge is 0.339 e. The summed E-state index contributed by atoms with van der Waals surface area (Å²) in [6.45, 7) is 0. The molecule has 2 atom stereocenters. The molecule has 4 fully saturated rings. The van der Waals surface area contributed by atoms with Gasteiger partial charge in [0.25, 0.3) is 5.91 Å². The topological polar surface area (TPSA) is 58.6 Å². The molecule has 184 valence electrons. The van der Waals surface area contributed by atoms with E-state index in [0.29, 0.717) is 22.2 Å². The van der Waals surface area contributed by atoms with Crippen LogP contribution in [0.15, 0.2) is 72.8 Å². The van der Waals surface area contributed by atoms with Crippen LogP contribution >= 0.6 is 0 Å². The molecule has 2 unspecified atom stereocenters. The van der Waals surface area contributed by atoms with Crippen molar-refractivity contribution < 1.29 is 14.3 Å². The molecule has 7 rings (SSSR count). The van der Waals surface area contributed by atoms with Crippen LogP contribution in [0.5, 0.6) is 0 Å². The summed E-state index contributed by atoms with van der Waals surface area (Å²) in [6, 6.07) is 23.2. The fraction of sp³-hybridized carbons (Fsp3) is 0.355. The van der Waals surface area contributed by atoms with Crippen LogP contribution in [0, 0.1) is 17.8 Å². The summed E-state index contributed by atoms with van der Waals surface area (Å²) in [5.74, 6) is 2.36. The van der Waals surface area contributed by atoms with Crippen LogP contribution in [0.4, 0.5) is 17.1 Å². The Kier molecular flexibility index (Phi) is 5.59.